The van der Waals surface area contributed by atoms with E-state index in [9.17, 15) is 9.59 Å². The van der Waals surface area contributed by atoms with E-state index in [1.54, 1.807) is 28.4 Å². The Labute approximate surface area is 209 Å². The Bertz CT molecular complexity index is 1170. The lowest BCUT2D eigenvalue weighted by Gasteiger charge is -2.35. The summed E-state index contributed by atoms with van der Waals surface area (Å²) >= 11 is 1.64. The SMILES string of the molecule is Cc1ccsc1CN(Cc1ccc2c(c1)OCO2)C(=O)CN(C(=O)c1ccco1)C1CCCCC1. The highest BCUT2D eigenvalue weighted by molar-refractivity contribution is 7.10. The van der Waals surface area contributed by atoms with Crippen molar-refractivity contribution in [2.45, 2.75) is 58.2 Å². The first kappa shape index (κ1) is 23.5. The molecule has 1 fully saturated rings. The monoisotopic (exact) mass is 494 g/mol. The second kappa shape index (κ2) is 10.6. The molecule has 0 atom stereocenters. The van der Waals surface area contributed by atoms with Crippen molar-refractivity contribution in [2.24, 2.45) is 0 Å². The van der Waals surface area contributed by atoms with Crippen LogP contribution in [0.2, 0.25) is 0 Å². The molecule has 0 bridgehead atoms. The van der Waals surface area contributed by atoms with Gasteiger partial charge in [0.25, 0.3) is 5.91 Å². The van der Waals surface area contributed by atoms with E-state index in [4.69, 9.17) is 13.9 Å². The Hall–Kier alpha value is -3.26. The predicted octanol–water partition coefficient (Wildman–Crippen LogP) is 5.38. The highest BCUT2D eigenvalue weighted by Gasteiger charge is 2.31. The van der Waals surface area contributed by atoms with Crippen LogP contribution in [0.4, 0.5) is 0 Å². The van der Waals surface area contributed by atoms with Crippen molar-refractivity contribution >= 4 is 23.2 Å². The molecule has 1 aliphatic heterocycles. The fraction of sp³-hybridized carbons (Fsp3) is 0.407. The molecule has 3 heterocycles. The first-order chi connectivity index (χ1) is 17.1. The van der Waals surface area contributed by atoms with Crippen LogP contribution in [0.5, 0.6) is 11.5 Å². The summed E-state index contributed by atoms with van der Waals surface area (Å²) < 4.78 is 16.4. The third-order valence-corrected chi connectivity index (χ3v) is 7.79. The molecule has 35 heavy (non-hydrogen) atoms. The molecule has 3 aromatic rings. The lowest BCUT2D eigenvalue weighted by atomic mass is 9.94. The summed E-state index contributed by atoms with van der Waals surface area (Å²) in [5.41, 5.74) is 2.12. The Kier molecular flexibility index (Phi) is 7.08. The van der Waals surface area contributed by atoms with Crippen molar-refractivity contribution in [3.05, 3.63) is 69.8 Å². The van der Waals surface area contributed by atoms with E-state index in [1.807, 2.05) is 28.5 Å². The number of fused-ring (bicyclic) bond motifs is 1. The average Bonchev–Trinajstić information content (AvgIpc) is 3.65. The number of hydrogen-bond donors (Lipinski definition) is 0. The molecule has 0 saturated heterocycles. The van der Waals surface area contributed by atoms with Crippen LogP contribution in [0.15, 0.2) is 52.5 Å². The van der Waals surface area contributed by atoms with Crippen molar-refractivity contribution in [3.63, 3.8) is 0 Å². The second-order valence-corrected chi connectivity index (χ2v) is 10.2. The molecular weight excluding hydrogens is 464 g/mol. The van der Waals surface area contributed by atoms with Crippen molar-refractivity contribution < 1.29 is 23.5 Å². The van der Waals surface area contributed by atoms with Gasteiger partial charge in [0.1, 0.15) is 6.54 Å². The van der Waals surface area contributed by atoms with Crippen molar-refractivity contribution in [2.75, 3.05) is 13.3 Å². The average molecular weight is 495 g/mol. The zero-order chi connectivity index (χ0) is 24.2. The zero-order valence-corrected chi connectivity index (χ0v) is 20.7. The highest BCUT2D eigenvalue weighted by Crippen LogP contribution is 2.33. The van der Waals surface area contributed by atoms with Gasteiger partial charge < -0.3 is 23.7 Å². The Morgan fingerprint density at radius 3 is 2.60 bits per heavy atom. The molecule has 0 N–H and O–H groups in total. The molecule has 1 saturated carbocycles. The summed E-state index contributed by atoms with van der Waals surface area (Å²) in [6.07, 6.45) is 6.62. The summed E-state index contributed by atoms with van der Waals surface area (Å²) in [5, 5.41) is 2.04. The van der Waals surface area contributed by atoms with Crippen LogP contribution >= 0.6 is 11.3 Å². The van der Waals surface area contributed by atoms with E-state index < -0.39 is 0 Å². The summed E-state index contributed by atoms with van der Waals surface area (Å²) in [6, 6.07) is 11.3. The summed E-state index contributed by atoms with van der Waals surface area (Å²) in [7, 11) is 0. The minimum absolute atomic E-state index is 0.0270. The number of ether oxygens (including phenoxy) is 2. The van der Waals surface area contributed by atoms with Gasteiger partial charge in [-0.2, -0.15) is 0 Å². The molecule has 7 nitrogen and oxygen atoms in total. The zero-order valence-electron chi connectivity index (χ0n) is 19.9. The molecule has 0 unspecified atom stereocenters. The fourth-order valence-corrected chi connectivity index (χ4v) is 5.70. The van der Waals surface area contributed by atoms with Gasteiger partial charge in [-0.1, -0.05) is 25.3 Å². The molecular formula is C27H30N2O5S. The first-order valence-corrected chi connectivity index (χ1v) is 13.0. The van der Waals surface area contributed by atoms with Gasteiger partial charge in [0, 0.05) is 17.5 Å². The maximum Gasteiger partial charge on any atom is 0.290 e. The first-order valence-electron chi connectivity index (χ1n) is 12.1. The maximum absolute atomic E-state index is 13.8. The van der Waals surface area contributed by atoms with Gasteiger partial charge in [-0.05, 0) is 66.6 Å². The Balaban J connectivity index is 1.39. The van der Waals surface area contributed by atoms with E-state index >= 15 is 0 Å². The Morgan fingerprint density at radius 1 is 1.03 bits per heavy atom. The molecule has 2 amide bonds. The summed E-state index contributed by atoms with van der Waals surface area (Å²) in [5.74, 6) is 1.39. The number of carbonyl (C=O) groups is 2. The molecule has 184 valence electrons. The molecule has 2 aromatic heterocycles. The van der Waals surface area contributed by atoms with Gasteiger partial charge in [-0.15, -0.1) is 11.3 Å². The van der Waals surface area contributed by atoms with E-state index in [2.05, 4.69) is 13.0 Å². The number of thiophene rings is 1. The number of amides is 2. The fourth-order valence-electron chi connectivity index (χ4n) is 4.78. The number of nitrogens with zero attached hydrogens (tertiary/aromatic N) is 2. The number of furan rings is 1. The normalized spacial score (nSPS) is 15.2. The van der Waals surface area contributed by atoms with Crippen LogP contribution in [-0.2, 0) is 17.9 Å². The van der Waals surface area contributed by atoms with Crippen molar-refractivity contribution in [1.29, 1.82) is 0 Å². The topological polar surface area (TPSA) is 72.2 Å². The van der Waals surface area contributed by atoms with Gasteiger partial charge in [-0.25, -0.2) is 0 Å². The Morgan fingerprint density at radius 2 is 1.86 bits per heavy atom. The van der Waals surface area contributed by atoms with Crippen molar-refractivity contribution in [3.8, 4) is 11.5 Å². The minimum atomic E-state index is -0.217. The van der Waals surface area contributed by atoms with Crippen LogP contribution in [0, 0.1) is 6.92 Å². The molecule has 8 heteroatoms. The molecule has 5 rings (SSSR count). The van der Waals surface area contributed by atoms with Gasteiger partial charge in [0.15, 0.2) is 17.3 Å². The second-order valence-electron chi connectivity index (χ2n) is 9.17. The van der Waals surface area contributed by atoms with Gasteiger partial charge in [-0.3, -0.25) is 9.59 Å². The van der Waals surface area contributed by atoms with Gasteiger partial charge in [0.2, 0.25) is 12.7 Å². The van der Waals surface area contributed by atoms with E-state index in [0.29, 0.717) is 24.6 Å². The third kappa shape index (κ3) is 5.37. The number of carbonyl (C=O) groups excluding carboxylic acids is 2. The molecule has 2 aliphatic rings. The molecule has 0 radical (unpaired) electrons. The van der Waals surface area contributed by atoms with Crippen LogP contribution in [0.1, 0.15) is 58.7 Å². The minimum Gasteiger partial charge on any atom is -0.459 e. The standard InChI is InChI=1S/C27H30N2O5S/c1-19-11-13-35-25(19)16-28(15-20-9-10-22-24(14-20)34-18-33-22)26(30)17-29(21-6-3-2-4-7-21)27(31)23-8-5-12-32-23/h5,8-14,21H,2-4,6-7,15-18H2,1H3. The lowest BCUT2D eigenvalue weighted by Crippen LogP contribution is -2.47. The number of benzene rings is 1. The summed E-state index contributed by atoms with van der Waals surface area (Å²) in [4.78, 5) is 31.9. The van der Waals surface area contributed by atoms with Crippen LogP contribution in [0.3, 0.4) is 0 Å². The van der Waals surface area contributed by atoms with E-state index in [0.717, 1.165) is 41.7 Å². The maximum atomic E-state index is 13.8. The van der Waals surface area contributed by atoms with E-state index in [1.165, 1.54) is 12.7 Å². The predicted molar refractivity (Wildman–Crippen MR) is 132 cm³/mol. The third-order valence-electron chi connectivity index (χ3n) is 6.78. The van der Waals surface area contributed by atoms with Crippen LogP contribution in [0.25, 0.3) is 0 Å². The quantitative estimate of drug-likeness (QED) is 0.420. The highest BCUT2D eigenvalue weighted by atomic mass is 32.1. The van der Waals surface area contributed by atoms with Gasteiger partial charge >= 0.3 is 0 Å². The number of aryl methyl sites for hydroxylation is 1. The van der Waals surface area contributed by atoms with Crippen LogP contribution in [-0.4, -0.2) is 41.0 Å². The van der Waals surface area contributed by atoms with Crippen LogP contribution < -0.4 is 9.47 Å². The number of hydrogen-bond acceptors (Lipinski definition) is 6. The summed E-state index contributed by atoms with van der Waals surface area (Å²) in [6.45, 7) is 3.20. The molecule has 1 aliphatic carbocycles. The van der Waals surface area contributed by atoms with Crippen molar-refractivity contribution in [1.82, 2.24) is 9.80 Å². The van der Waals surface area contributed by atoms with Gasteiger partial charge in [0.05, 0.1) is 12.8 Å². The smallest absolute Gasteiger partial charge is 0.290 e. The van der Waals surface area contributed by atoms with E-state index in [-0.39, 0.29) is 37.0 Å². The lowest BCUT2D eigenvalue weighted by molar-refractivity contribution is -0.133. The largest absolute Gasteiger partial charge is 0.459 e. The molecule has 1 aromatic carbocycles. The molecule has 0 spiro atoms. The number of rotatable bonds is 8.